The Labute approximate surface area is 177 Å². The maximum Gasteiger partial charge on any atom is 0.191 e. The van der Waals surface area contributed by atoms with E-state index in [1.165, 1.54) is 38.5 Å². The molecule has 2 aromatic heterocycles. The highest BCUT2D eigenvalue weighted by atomic mass is 127. The molecule has 0 atom stereocenters. The number of halogens is 1. The largest absolute Gasteiger partial charge is 0.356 e. The van der Waals surface area contributed by atoms with Crippen LogP contribution in [0.3, 0.4) is 0 Å². The van der Waals surface area contributed by atoms with E-state index in [0.717, 1.165) is 41.7 Å². The van der Waals surface area contributed by atoms with Gasteiger partial charge in [0.25, 0.3) is 0 Å². The first-order chi connectivity index (χ1) is 12.7. The van der Waals surface area contributed by atoms with Gasteiger partial charge in [-0.15, -0.1) is 34.2 Å². The lowest BCUT2D eigenvalue weighted by atomic mass is 9.49. The molecule has 6 nitrogen and oxygen atoms in total. The summed E-state index contributed by atoms with van der Waals surface area (Å²) in [5.74, 6) is 4.73. The molecule has 4 fully saturated rings. The Bertz CT molecular complexity index is 793. The summed E-state index contributed by atoms with van der Waals surface area (Å²) >= 11 is 0. The van der Waals surface area contributed by atoms with Gasteiger partial charge in [0.1, 0.15) is 0 Å². The van der Waals surface area contributed by atoms with Gasteiger partial charge in [0.05, 0.1) is 6.54 Å². The minimum Gasteiger partial charge on any atom is -0.356 e. The monoisotopic (exact) mass is 480 g/mol. The first-order valence-corrected chi connectivity index (χ1v) is 9.96. The molecule has 0 saturated heterocycles. The fourth-order valence-corrected chi connectivity index (χ4v) is 6.17. The average molecular weight is 480 g/mol. The Morgan fingerprint density at radius 2 is 1.81 bits per heavy atom. The molecule has 4 bridgehead atoms. The van der Waals surface area contributed by atoms with E-state index < -0.39 is 0 Å². The van der Waals surface area contributed by atoms with E-state index in [-0.39, 0.29) is 24.0 Å². The highest BCUT2D eigenvalue weighted by molar-refractivity contribution is 14.0. The zero-order valence-corrected chi connectivity index (χ0v) is 18.2. The number of rotatable bonds is 4. The van der Waals surface area contributed by atoms with Gasteiger partial charge in [-0.1, -0.05) is 6.07 Å². The van der Waals surface area contributed by atoms with Crippen LogP contribution in [-0.4, -0.2) is 34.2 Å². The van der Waals surface area contributed by atoms with E-state index in [1.54, 1.807) is 0 Å². The van der Waals surface area contributed by atoms with Gasteiger partial charge in [-0.2, -0.15) is 0 Å². The molecule has 146 valence electrons. The van der Waals surface area contributed by atoms with Crippen molar-refractivity contribution in [2.75, 3.05) is 13.6 Å². The third-order valence-electron chi connectivity index (χ3n) is 6.82. The lowest BCUT2D eigenvalue weighted by Gasteiger charge is -2.57. The molecule has 0 aromatic carbocycles. The zero-order valence-electron chi connectivity index (χ0n) is 15.9. The Morgan fingerprint density at radius 1 is 1.11 bits per heavy atom. The minimum atomic E-state index is 0. The maximum atomic E-state index is 4.42. The zero-order chi connectivity index (χ0) is 17.6. The smallest absolute Gasteiger partial charge is 0.191 e. The molecular formula is C20H29IN6. The van der Waals surface area contributed by atoms with Crippen molar-refractivity contribution in [2.24, 2.45) is 28.2 Å². The lowest BCUT2D eigenvalue weighted by Crippen LogP contribution is -2.52. The van der Waals surface area contributed by atoms with Gasteiger partial charge in [0.2, 0.25) is 0 Å². The van der Waals surface area contributed by atoms with Crippen LogP contribution in [0.2, 0.25) is 0 Å². The second kappa shape index (κ2) is 7.56. The molecule has 4 saturated carbocycles. The molecule has 4 aliphatic carbocycles. The second-order valence-corrected chi connectivity index (χ2v) is 8.74. The summed E-state index contributed by atoms with van der Waals surface area (Å²) in [5.41, 5.74) is 1.38. The van der Waals surface area contributed by atoms with Crippen LogP contribution >= 0.6 is 24.0 Å². The summed E-state index contributed by atoms with van der Waals surface area (Å²) < 4.78 is 2.01. The molecule has 2 aromatic rings. The molecule has 0 amide bonds. The van der Waals surface area contributed by atoms with Gasteiger partial charge in [-0.3, -0.25) is 9.39 Å². The van der Waals surface area contributed by atoms with Crippen molar-refractivity contribution in [2.45, 2.75) is 45.1 Å². The molecule has 6 rings (SSSR count). The number of hydrogen-bond acceptors (Lipinski definition) is 3. The van der Waals surface area contributed by atoms with Crippen LogP contribution in [0.15, 0.2) is 29.4 Å². The molecule has 0 unspecified atom stereocenters. The molecule has 2 N–H and O–H groups in total. The molecule has 4 aliphatic rings. The van der Waals surface area contributed by atoms with E-state index in [2.05, 4.69) is 25.8 Å². The predicted molar refractivity (Wildman–Crippen MR) is 117 cm³/mol. The summed E-state index contributed by atoms with van der Waals surface area (Å²) in [6.07, 6.45) is 10.7. The van der Waals surface area contributed by atoms with E-state index >= 15 is 0 Å². The van der Waals surface area contributed by atoms with Gasteiger partial charge in [-0.05, 0) is 73.8 Å². The average Bonchev–Trinajstić information content (AvgIpc) is 3.04. The number of nitrogens with zero attached hydrogens (tertiary/aromatic N) is 4. The van der Waals surface area contributed by atoms with Gasteiger partial charge in [0, 0.05) is 19.8 Å². The first kappa shape index (κ1) is 19.0. The van der Waals surface area contributed by atoms with Gasteiger partial charge in [0.15, 0.2) is 17.4 Å². The van der Waals surface area contributed by atoms with Gasteiger partial charge < -0.3 is 10.6 Å². The van der Waals surface area contributed by atoms with Crippen molar-refractivity contribution in [3.05, 3.63) is 30.2 Å². The number of pyridine rings is 1. The van der Waals surface area contributed by atoms with E-state index in [0.29, 0.717) is 12.0 Å². The summed E-state index contributed by atoms with van der Waals surface area (Å²) in [7, 11) is 1.84. The predicted octanol–water partition coefficient (Wildman–Crippen LogP) is 3.23. The minimum absolute atomic E-state index is 0. The molecule has 7 heteroatoms. The van der Waals surface area contributed by atoms with Crippen molar-refractivity contribution in [3.8, 4) is 0 Å². The molecule has 0 aliphatic heterocycles. The van der Waals surface area contributed by atoms with Crippen LogP contribution in [0.5, 0.6) is 0 Å². The van der Waals surface area contributed by atoms with Crippen LogP contribution < -0.4 is 10.6 Å². The number of aliphatic imine (C=N–C) groups is 1. The fourth-order valence-electron chi connectivity index (χ4n) is 6.17. The Morgan fingerprint density at radius 3 is 2.48 bits per heavy atom. The van der Waals surface area contributed by atoms with Crippen LogP contribution in [0, 0.1) is 23.2 Å². The van der Waals surface area contributed by atoms with Crippen molar-refractivity contribution in [1.29, 1.82) is 0 Å². The summed E-state index contributed by atoms with van der Waals surface area (Å²) in [6, 6.07) is 5.95. The Hall–Kier alpha value is -1.38. The maximum absolute atomic E-state index is 4.42. The summed E-state index contributed by atoms with van der Waals surface area (Å²) in [4.78, 5) is 4.42. The highest BCUT2D eigenvalue weighted by Gasteiger charge is 2.50. The first-order valence-electron chi connectivity index (χ1n) is 9.96. The topological polar surface area (TPSA) is 66.6 Å². The molecule has 2 heterocycles. The number of nitrogens with one attached hydrogen (secondary N) is 2. The number of hydrogen-bond donors (Lipinski definition) is 2. The third-order valence-corrected chi connectivity index (χ3v) is 6.82. The molecular weight excluding hydrogens is 451 g/mol. The standard InChI is InChI=1S/C20H28N6.HI/c1-21-19(22-12-18-25-24-17-4-2-3-5-26(17)18)23-13-20-9-14-6-15(10-20)8-16(7-14)11-20;/h2-5,14-16H,6-13H2,1H3,(H2,21,22,23);1H. The molecule has 0 radical (unpaired) electrons. The highest BCUT2D eigenvalue weighted by Crippen LogP contribution is 2.59. The quantitative estimate of drug-likeness (QED) is 0.401. The van der Waals surface area contributed by atoms with Gasteiger partial charge in [-0.25, -0.2) is 0 Å². The van der Waals surface area contributed by atoms with E-state index in [9.17, 15) is 0 Å². The Balaban J connectivity index is 0.00000180. The fraction of sp³-hybridized carbons (Fsp3) is 0.650. The summed E-state index contributed by atoms with van der Waals surface area (Å²) in [6.45, 7) is 1.67. The number of guanidine groups is 1. The lowest BCUT2D eigenvalue weighted by molar-refractivity contribution is -0.0492. The summed E-state index contributed by atoms with van der Waals surface area (Å²) in [5, 5.41) is 15.5. The van der Waals surface area contributed by atoms with Crippen LogP contribution in [0.4, 0.5) is 0 Å². The normalized spacial score (nSPS) is 31.7. The second-order valence-electron chi connectivity index (χ2n) is 8.74. The molecule has 0 spiro atoms. The van der Waals surface area contributed by atoms with Crippen molar-refractivity contribution >= 4 is 35.6 Å². The van der Waals surface area contributed by atoms with Crippen LogP contribution in [0.1, 0.15) is 44.3 Å². The number of aromatic nitrogens is 3. The van der Waals surface area contributed by atoms with Crippen molar-refractivity contribution < 1.29 is 0 Å². The molecule has 27 heavy (non-hydrogen) atoms. The van der Waals surface area contributed by atoms with Crippen LogP contribution in [0.25, 0.3) is 5.65 Å². The van der Waals surface area contributed by atoms with Crippen molar-refractivity contribution in [3.63, 3.8) is 0 Å². The van der Waals surface area contributed by atoms with Crippen molar-refractivity contribution in [1.82, 2.24) is 25.2 Å². The van der Waals surface area contributed by atoms with Gasteiger partial charge >= 0.3 is 0 Å². The number of fused-ring (bicyclic) bond motifs is 1. The Kier molecular flexibility index (Phi) is 5.31. The van der Waals surface area contributed by atoms with E-state index in [4.69, 9.17) is 0 Å². The SMILES string of the molecule is CN=C(NCc1nnc2ccccn12)NCC12CC3CC(CC(C3)C1)C2.I. The third kappa shape index (κ3) is 3.67. The van der Waals surface area contributed by atoms with E-state index in [1.807, 2.05) is 35.8 Å². The van der Waals surface area contributed by atoms with Crippen LogP contribution in [-0.2, 0) is 6.54 Å².